The molecule has 156 valence electrons. The van der Waals surface area contributed by atoms with Gasteiger partial charge in [0.25, 0.3) is 11.1 Å². The number of nitrogens with zero attached hydrogens (tertiary/aromatic N) is 1. The topological polar surface area (TPSA) is 82.3 Å². The molecule has 1 aliphatic rings. The average molecular weight is 432 g/mol. The van der Waals surface area contributed by atoms with Crippen LogP contribution in [0.5, 0.6) is 0 Å². The van der Waals surface area contributed by atoms with Gasteiger partial charge in [-0.15, -0.1) is 0 Å². The number of benzene rings is 2. The summed E-state index contributed by atoms with van der Waals surface area (Å²) in [6.45, 7) is 0.144. The number of para-hydroxylation sites is 1. The third-order valence-corrected chi connectivity index (χ3v) is 5.83. The standard InChI is InChI=1S/C24H21N3O3S/c28-22(25-14-13-18-15-26-20-11-5-4-10-19(18)20)16-27-23(29)21(31-24(27)30)12-6-9-17-7-2-1-3-8-17/h1-12,15,26H,13-14,16H2,(H,25,28). The van der Waals surface area contributed by atoms with E-state index in [1.165, 1.54) is 0 Å². The molecule has 4 rings (SSSR count). The van der Waals surface area contributed by atoms with Crippen LogP contribution in [0, 0.1) is 0 Å². The highest BCUT2D eigenvalue weighted by Gasteiger charge is 2.35. The first-order valence-corrected chi connectivity index (χ1v) is 10.7. The van der Waals surface area contributed by atoms with Crippen molar-refractivity contribution in [1.82, 2.24) is 15.2 Å². The maximum Gasteiger partial charge on any atom is 0.294 e. The summed E-state index contributed by atoms with van der Waals surface area (Å²) >= 11 is 0.845. The number of amides is 3. The molecule has 1 aromatic heterocycles. The molecule has 6 nitrogen and oxygen atoms in total. The fourth-order valence-corrected chi connectivity index (χ4v) is 4.13. The minimum absolute atomic E-state index is 0.279. The molecule has 3 amide bonds. The first-order chi connectivity index (χ1) is 15.1. The second-order valence-electron chi connectivity index (χ2n) is 7.02. The number of carbonyl (C=O) groups excluding carboxylic acids is 3. The summed E-state index contributed by atoms with van der Waals surface area (Å²) in [6.07, 6.45) is 7.77. The van der Waals surface area contributed by atoms with E-state index in [0.717, 1.165) is 38.7 Å². The van der Waals surface area contributed by atoms with Crippen LogP contribution < -0.4 is 5.32 Å². The van der Waals surface area contributed by atoms with Gasteiger partial charge in [0.1, 0.15) is 6.54 Å². The zero-order chi connectivity index (χ0) is 21.6. The van der Waals surface area contributed by atoms with Gasteiger partial charge < -0.3 is 10.3 Å². The van der Waals surface area contributed by atoms with Crippen LogP contribution in [0.15, 0.2) is 77.9 Å². The van der Waals surface area contributed by atoms with Crippen molar-refractivity contribution < 1.29 is 14.4 Å². The first-order valence-electron chi connectivity index (χ1n) is 9.90. The Labute approximate surface area is 184 Å². The predicted octanol–water partition coefficient (Wildman–Crippen LogP) is 4.12. The molecular weight excluding hydrogens is 410 g/mol. The number of carbonyl (C=O) groups is 3. The van der Waals surface area contributed by atoms with Gasteiger partial charge in [-0.1, -0.05) is 60.7 Å². The molecule has 7 heteroatoms. The summed E-state index contributed by atoms with van der Waals surface area (Å²) < 4.78 is 0. The van der Waals surface area contributed by atoms with Crippen LogP contribution in [0.2, 0.25) is 0 Å². The van der Waals surface area contributed by atoms with Crippen LogP contribution in [0.4, 0.5) is 4.79 Å². The number of imide groups is 1. The molecule has 2 heterocycles. The van der Waals surface area contributed by atoms with Gasteiger partial charge in [0.05, 0.1) is 4.91 Å². The summed E-state index contributed by atoms with van der Waals surface area (Å²) in [4.78, 5) is 41.5. The Bertz CT molecular complexity index is 1180. The highest BCUT2D eigenvalue weighted by Crippen LogP contribution is 2.30. The number of hydrogen-bond acceptors (Lipinski definition) is 4. The summed E-state index contributed by atoms with van der Waals surface area (Å²) in [5.74, 6) is -0.803. The molecule has 31 heavy (non-hydrogen) atoms. The lowest BCUT2D eigenvalue weighted by atomic mass is 10.1. The molecule has 1 saturated heterocycles. The minimum Gasteiger partial charge on any atom is -0.361 e. The lowest BCUT2D eigenvalue weighted by molar-refractivity contribution is -0.129. The van der Waals surface area contributed by atoms with Crippen LogP contribution >= 0.6 is 11.8 Å². The fourth-order valence-electron chi connectivity index (χ4n) is 3.34. The molecule has 3 aromatic rings. The van der Waals surface area contributed by atoms with Crippen LogP contribution in [0.25, 0.3) is 17.0 Å². The van der Waals surface area contributed by atoms with E-state index in [0.29, 0.717) is 17.9 Å². The molecule has 0 radical (unpaired) electrons. The van der Waals surface area contributed by atoms with E-state index in [4.69, 9.17) is 0 Å². The Kier molecular flexibility index (Phi) is 6.33. The second-order valence-corrected chi connectivity index (χ2v) is 8.01. The number of aromatic nitrogens is 1. The van der Waals surface area contributed by atoms with Crippen LogP contribution in [-0.2, 0) is 16.0 Å². The van der Waals surface area contributed by atoms with Gasteiger partial charge in [-0.2, -0.15) is 0 Å². The Morgan fingerprint density at radius 1 is 1.06 bits per heavy atom. The molecule has 0 atom stereocenters. The quantitative estimate of drug-likeness (QED) is 0.552. The largest absolute Gasteiger partial charge is 0.361 e. The van der Waals surface area contributed by atoms with E-state index in [-0.39, 0.29) is 12.5 Å². The Morgan fingerprint density at radius 3 is 2.68 bits per heavy atom. The molecular formula is C24H21N3O3S. The van der Waals surface area contributed by atoms with E-state index >= 15 is 0 Å². The number of rotatable bonds is 7. The molecule has 0 spiro atoms. The van der Waals surface area contributed by atoms with Crippen molar-refractivity contribution in [3.05, 3.63) is 89.0 Å². The Balaban J connectivity index is 1.29. The molecule has 0 unspecified atom stereocenters. The Hall–Kier alpha value is -3.58. The molecule has 2 N–H and O–H groups in total. The van der Waals surface area contributed by atoms with Crippen molar-refractivity contribution in [1.29, 1.82) is 0 Å². The third-order valence-electron chi connectivity index (χ3n) is 4.90. The van der Waals surface area contributed by atoms with E-state index in [1.54, 1.807) is 12.2 Å². The fraction of sp³-hybridized carbons (Fsp3) is 0.125. The second kappa shape index (κ2) is 9.49. The SMILES string of the molecule is O=C(CN1C(=O)SC(=CC=Cc2ccccc2)C1=O)NCCc1c[nH]c2ccccc12. The lowest BCUT2D eigenvalue weighted by Crippen LogP contribution is -2.40. The number of fused-ring (bicyclic) bond motifs is 1. The zero-order valence-corrected chi connectivity index (χ0v) is 17.5. The van der Waals surface area contributed by atoms with Gasteiger partial charge in [-0.05, 0) is 41.5 Å². The van der Waals surface area contributed by atoms with Gasteiger partial charge >= 0.3 is 0 Å². The average Bonchev–Trinajstić information content (AvgIpc) is 3.31. The van der Waals surface area contributed by atoms with E-state index < -0.39 is 11.1 Å². The predicted molar refractivity (Wildman–Crippen MR) is 123 cm³/mol. The van der Waals surface area contributed by atoms with Crippen molar-refractivity contribution in [3.8, 4) is 0 Å². The number of aromatic amines is 1. The zero-order valence-electron chi connectivity index (χ0n) is 16.7. The van der Waals surface area contributed by atoms with Crippen LogP contribution in [0.3, 0.4) is 0 Å². The van der Waals surface area contributed by atoms with Crippen molar-refractivity contribution in [2.24, 2.45) is 0 Å². The monoisotopic (exact) mass is 431 g/mol. The normalized spacial score (nSPS) is 15.5. The molecule has 1 fully saturated rings. The molecule has 0 aliphatic carbocycles. The van der Waals surface area contributed by atoms with Gasteiger partial charge in [0, 0.05) is 23.6 Å². The van der Waals surface area contributed by atoms with Gasteiger partial charge in [0.15, 0.2) is 0 Å². The highest BCUT2D eigenvalue weighted by molar-refractivity contribution is 8.18. The van der Waals surface area contributed by atoms with Gasteiger partial charge in [-0.3, -0.25) is 19.3 Å². The first kappa shape index (κ1) is 20.7. The smallest absolute Gasteiger partial charge is 0.294 e. The minimum atomic E-state index is -0.445. The van der Waals surface area contributed by atoms with Crippen molar-refractivity contribution in [2.45, 2.75) is 6.42 Å². The van der Waals surface area contributed by atoms with E-state index in [9.17, 15) is 14.4 Å². The van der Waals surface area contributed by atoms with E-state index in [2.05, 4.69) is 10.3 Å². The lowest BCUT2D eigenvalue weighted by Gasteiger charge is -2.12. The summed E-state index contributed by atoms with van der Waals surface area (Å²) in [7, 11) is 0. The number of H-pyrrole nitrogens is 1. The summed E-state index contributed by atoms with van der Waals surface area (Å²) in [5.41, 5.74) is 3.15. The molecule has 2 aromatic carbocycles. The van der Waals surface area contributed by atoms with Crippen molar-refractivity contribution >= 4 is 45.8 Å². The summed E-state index contributed by atoms with van der Waals surface area (Å²) in [6, 6.07) is 17.6. The van der Waals surface area contributed by atoms with Crippen LogP contribution in [0.1, 0.15) is 11.1 Å². The number of allylic oxidation sites excluding steroid dienone is 2. The van der Waals surface area contributed by atoms with Gasteiger partial charge in [-0.25, -0.2) is 0 Å². The molecule has 1 aliphatic heterocycles. The Morgan fingerprint density at radius 2 is 1.84 bits per heavy atom. The molecule has 0 bridgehead atoms. The maximum atomic E-state index is 12.5. The number of hydrogen-bond donors (Lipinski definition) is 2. The highest BCUT2D eigenvalue weighted by atomic mass is 32.2. The van der Waals surface area contributed by atoms with Crippen molar-refractivity contribution in [2.75, 3.05) is 13.1 Å². The van der Waals surface area contributed by atoms with E-state index in [1.807, 2.05) is 66.9 Å². The maximum absolute atomic E-state index is 12.5. The van der Waals surface area contributed by atoms with Crippen molar-refractivity contribution in [3.63, 3.8) is 0 Å². The van der Waals surface area contributed by atoms with Gasteiger partial charge in [0.2, 0.25) is 5.91 Å². The third kappa shape index (κ3) is 4.95. The number of nitrogens with one attached hydrogen (secondary N) is 2. The summed E-state index contributed by atoms with van der Waals surface area (Å²) in [5, 5.41) is 3.48. The molecule has 0 saturated carbocycles. The van der Waals surface area contributed by atoms with Crippen LogP contribution in [-0.4, -0.2) is 40.0 Å². The number of thioether (sulfide) groups is 1.